The lowest BCUT2D eigenvalue weighted by Crippen LogP contribution is -2.21. The molecule has 0 aliphatic carbocycles. The Morgan fingerprint density at radius 1 is 1.00 bits per heavy atom. The Morgan fingerprint density at radius 2 is 1.36 bits per heavy atom. The molecule has 2 aromatic rings. The number of aromatic nitrogens is 2. The summed E-state index contributed by atoms with van der Waals surface area (Å²) in [7, 11) is 0. The second-order valence-corrected chi connectivity index (χ2v) is 2.89. The van der Waals surface area contributed by atoms with E-state index in [-0.39, 0.29) is 22.4 Å². The molecular formula is C7H9N5O2. The Balaban J connectivity index is 3.16. The SMILES string of the molecule is N=c1n(O)c2c(N)ccc(N)c2n1O. The van der Waals surface area contributed by atoms with Gasteiger partial charge >= 0.3 is 0 Å². The van der Waals surface area contributed by atoms with Crippen LogP contribution in [-0.4, -0.2) is 19.9 Å². The first-order valence-corrected chi connectivity index (χ1v) is 3.78. The van der Waals surface area contributed by atoms with Gasteiger partial charge in [0.1, 0.15) is 11.0 Å². The van der Waals surface area contributed by atoms with Gasteiger partial charge < -0.3 is 21.9 Å². The molecule has 0 aliphatic heterocycles. The lowest BCUT2D eigenvalue weighted by molar-refractivity contribution is 0.130. The molecular weight excluding hydrogens is 186 g/mol. The fraction of sp³-hybridized carbons (Fsp3) is 0. The lowest BCUT2D eigenvalue weighted by Gasteiger charge is -2.00. The minimum absolute atomic E-state index is 0.123. The van der Waals surface area contributed by atoms with Gasteiger partial charge in [-0.1, -0.05) is 0 Å². The lowest BCUT2D eigenvalue weighted by atomic mass is 10.2. The van der Waals surface area contributed by atoms with E-state index in [1.807, 2.05) is 0 Å². The fourth-order valence-electron chi connectivity index (χ4n) is 1.36. The zero-order valence-electron chi connectivity index (χ0n) is 7.10. The van der Waals surface area contributed by atoms with Crippen molar-refractivity contribution in [2.75, 3.05) is 11.5 Å². The number of anilines is 2. The maximum Gasteiger partial charge on any atom is 0.270 e. The van der Waals surface area contributed by atoms with Crippen LogP contribution in [0.5, 0.6) is 0 Å². The Labute approximate surface area is 77.8 Å². The Bertz CT molecular complexity index is 519. The average molecular weight is 195 g/mol. The van der Waals surface area contributed by atoms with Gasteiger partial charge in [-0.3, -0.25) is 5.41 Å². The van der Waals surface area contributed by atoms with Crippen molar-refractivity contribution in [2.24, 2.45) is 0 Å². The molecule has 7 nitrogen and oxygen atoms in total. The minimum atomic E-state index is -0.510. The molecule has 74 valence electrons. The number of rotatable bonds is 0. The number of nitrogens with one attached hydrogen (secondary N) is 1. The van der Waals surface area contributed by atoms with Crippen LogP contribution in [-0.2, 0) is 0 Å². The van der Waals surface area contributed by atoms with Crippen molar-refractivity contribution in [2.45, 2.75) is 0 Å². The molecule has 0 unspecified atom stereocenters. The predicted molar refractivity (Wildman–Crippen MR) is 49.0 cm³/mol. The highest BCUT2D eigenvalue weighted by Gasteiger charge is 2.14. The second kappa shape index (κ2) is 2.34. The Kier molecular flexibility index (Phi) is 1.39. The van der Waals surface area contributed by atoms with Crippen LogP contribution in [0.2, 0.25) is 0 Å². The Hall–Kier alpha value is -2.31. The molecule has 7 heteroatoms. The van der Waals surface area contributed by atoms with E-state index in [1.165, 1.54) is 12.1 Å². The van der Waals surface area contributed by atoms with Crippen molar-refractivity contribution in [3.8, 4) is 0 Å². The summed E-state index contributed by atoms with van der Waals surface area (Å²) in [5.74, 6) is 0. The van der Waals surface area contributed by atoms with Crippen molar-refractivity contribution < 1.29 is 10.4 Å². The van der Waals surface area contributed by atoms with Crippen LogP contribution in [0.25, 0.3) is 11.0 Å². The van der Waals surface area contributed by atoms with Crippen LogP contribution >= 0.6 is 0 Å². The molecule has 0 saturated heterocycles. The van der Waals surface area contributed by atoms with E-state index in [9.17, 15) is 10.4 Å². The van der Waals surface area contributed by atoms with E-state index in [1.54, 1.807) is 0 Å². The molecule has 0 atom stereocenters. The average Bonchev–Trinajstić information content (AvgIpc) is 2.38. The van der Waals surface area contributed by atoms with E-state index in [0.717, 1.165) is 0 Å². The summed E-state index contributed by atoms with van der Waals surface area (Å²) in [6, 6.07) is 2.98. The van der Waals surface area contributed by atoms with Gasteiger partial charge in [0.25, 0.3) is 5.62 Å². The molecule has 0 radical (unpaired) electrons. The third-order valence-corrected chi connectivity index (χ3v) is 2.04. The van der Waals surface area contributed by atoms with Crippen LogP contribution in [0.3, 0.4) is 0 Å². The minimum Gasteiger partial charge on any atom is -0.425 e. The molecule has 2 rings (SSSR count). The van der Waals surface area contributed by atoms with Gasteiger partial charge in [-0.25, -0.2) is 0 Å². The second-order valence-electron chi connectivity index (χ2n) is 2.89. The molecule has 0 aliphatic rings. The number of hydrogen-bond donors (Lipinski definition) is 5. The van der Waals surface area contributed by atoms with Gasteiger partial charge in [0.15, 0.2) is 0 Å². The summed E-state index contributed by atoms with van der Waals surface area (Å²) < 4.78 is 0.946. The highest BCUT2D eigenvalue weighted by atomic mass is 16.5. The van der Waals surface area contributed by atoms with E-state index >= 15 is 0 Å². The van der Waals surface area contributed by atoms with Gasteiger partial charge in [0.05, 0.1) is 11.4 Å². The third-order valence-electron chi connectivity index (χ3n) is 2.04. The van der Waals surface area contributed by atoms with Crippen LogP contribution in [0.4, 0.5) is 11.4 Å². The number of nitrogens with two attached hydrogens (primary N) is 2. The van der Waals surface area contributed by atoms with E-state index in [4.69, 9.17) is 16.9 Å². The monoisotopic (exact) mass is 195 g/mol. The molecule has 0 bridgehead atoms. The number of nitrogen functional groups attached to an aromatic ring is 2. The largest absolute Gasteiger partial charge is 0.425 e. The quantitative estimate of drug-likeness (QED) is 0.288. The fourth-order valence-corrected chi connectivity index (χ4v) is 1.36. The molecule has 1 aromatic carbocycles. The standard InChI is InChI=1S/C7H9N5O2/c8-3-1-2-4(9)6-5(3)11(13)7(10)12(6)14/h1-2,10,13-14H,8-9H2. The smallest absolute Gasteiger partial charge is 0.270 e. The topological polar surface area (TPSA) is 126 Å². The summed E-state index contributed by atoms with van der Waals surface area (Å²) in [6.45, 7) is 0. The molecule has 7 N–H and O–H groups in total. The molecule has 14 heavy (non-hydrogen) atoms. The normalized spacial score (nSPS) is 10.9. The van der Waals surface area contributed by atoms with Crippen molar-refractivity contribution in [3.63, 3.8) is 0 Å². The van der Waals surface area contributed by atoms with Gasteiger partial charge in [0.2, 0.25) is 0 Å². The van der Waals surface area contributed by atoms with Crippen molar-refractivity contribution >= 4 is 22.4 Å². The number of hydrogen-bond acceptors (Lipinski definition) is 5. The van der Waals surface area contributed by atoms with Crippen LogP contribution in [0, 0.1) is 5.41 Å². The third kappa shape index (κ3) is 0.777. The summed E-state index contributed by atoms with van der Waals surface area (Å²) in [4.78, 5) is 0. The van der Waals surface area contributed by atoms with Crippen molar-refractivity contribution in [3.05, 3.63) is 17.8 Å². The molecule has 0 fully saturated rings. The van der Waals surface area contributed by atoms with E-state index < -0.39 is 5.62 Å². The van der Waals surface area contributed by atoms with Gasteiger partial charge in [-0.15, -0.1) is 9.46 Å². The summed E-state index contributed by atoms with van der Waals surface area (Å²) in [5, 5.41) is 26.1. The van der Waals surface area contributed by atoms with Gasteiger partial charge in [0, 0.05) is 0 Å². The maximum atomic E-state index is 9.40. The van der Waals surface area contributed by atoms with Gasteiger partial charge in [-0.05, 0) is 12.1 Å². The molecule has 1 heterocycles. The Morgan fingerprint density at radius 3 is 1.71 bits per heavy atom. The first kappa shape index (κ1) is 8.30. The highest BCUT2D eigenvalue weighted by Crippen LogP contribution is 2.23. The first-order valence-electron chi connectivity index (χ1n) is 3.78. The zero-order chi connectivity index (χ0) is 10.5. The molecule has 0 saturated carbocycles. The summed E-state index contributed by atoms with van der Waals surface area (Å²) in [5.41, 5.74) is 11.3. The number of imidazole rings is 1. The highest BCUT2D eigenvalue weighted by molar-refractivity contribution is 5.95. The number of fused-ring (bicyclic) bond motifs is 1. The van der Waals surface area contributed by atoms with Crippen LogP contribution in [0.1, 0.15) is 0 Å². The molecule has 0 amide bonds. The zero-order valence-corrected chi connectivity index (χ0v) is 7.10. The van der Waals surface area contributed by atoms with Crippen molar-refractivity contribution in [1.29, 1.82) is 5.41 Å². The van der Waals surface area contributed by atoms with Crippen molar-refractivity contribution in [1.82, 2.24) is 9.46 Å². The molecule has 0 spiro atoms. The van der Waals surface area contributed by atoms with Gasteiger partial charge in [-0.2, -0.15) is 0 Å². The number of benzene rings is 1. The van der Waals surface area contributed by atoms with E-state index in [2.05, 4.69) is 0 Å². The van der Waals surface area contributed by atoms with Crippen LogP contribution in [0.15, 0.2) is 12.1 Å². The predicted octanol–water partition coefficient (Wildman–Crippen LogP) is -0.439. The molecule has 1 aromatic heterocycles. The van der Waals surface area contributed by atoms with Crippen LogP contribution < -0.4 is 17.1 Å². The first-order chi connectivity index (χ1) is 6.54. The summed E-state index contributed by atoms with van der Waals surface area (Å²) >= 11 is 0. The number of nitrogens with zero attached hydrogens (tertiary/aromatic N) is 2. The summed E-state index contributed by atoms with van der Waals surface area (Å²) in [6.07, 6.45) is 0. The maximum absolute atomic E-state index is 9.40. The van der Waals surface area contributed by atoms with E-state index in [0.29, 0.717) is 9.46 Å².